The topological polar surface area (TPSA) is 114 Å². The third-order valence-electron chi connectivity index (χ3n) is 5.05. The first-order chi connectivity index (χ1) is 13.0. The van der Waals surface area contributed by atoms with Crippen LogP contribution in [0.1, 0.15) is 35.6 Å². The number of nitriles is 1. The average Bonchev–Trinajstić information content (AvgIpc) is 3.06. The summed E-state index contributed by atoms with van der Waals surface area (Å²) in [5.74, 6) is 2.46. The number of piperidine rings is 1. The molecule has 3 aromatic rings. The van der Waals surface area contributed by atoms with Crippen LogP contribution in [0.5, 0.6) is 0 Å². The number of aromatic nitrogens is 3. The van der Waals surface area contributed by atoms with Gasteiger partial charge in [0.25, 0.3) is 5.56 Å². The van der Waals surface area contributed by atoms with Crippen molar-refractivity contribution in [3.8, 4) is 18.4 Å². The molecule has 1 aromatic carbocycles. The summed E-state index contributed by atoms with van der Waals surface area (Å²) in [6, 6.07) is 7.13. The van der Waals surface area contributed by atoms with Crippen molar-refractivity contribution < 1.29 is 9.90 Å². The van der Waals surface area contributed by atoms with Gasteiger partial charge >= 0.3 is 6.09 Å². The second-order valence-corrected chi connectivity index (χ2v) is 6.51. The molecule has 134 valence electrons. The van der Waals surface area contributed by atoms with Crippen molar-refractivity contribution in [2.45, 2.75) is 18.8 Å². The van der Waals surface area contributed by atoms with Crippen LogP contribution in [0.4, 0.5) is 4.79 Å². The number of fused-ring (bicyclic) bond motifs is 2. The van der Waals surface area contributed by atoms with Gasteiger partial charge in [0.15, 0.2) is 5.65 Å². The molecular weight excluding hydrogens is 346 g/mol. The Morgan fingerprint density at radius 1 is 1.37 bits per heavy atom. The van der Waals surface area contributed by atoms with Crippen LogP contribution >= 0.6 is 0 Å². The monoisotopic (exact) mass is 361 g/mol. The molecule has 4 rings (SSSR count). The van der Waals surface area contributed by atoms with Crippen LogP contribution in [0, 0.1) is 23.7 Å². The van der Waals surface area contributed by atoms with E-state index in [0.717, 1.165) is 0 Å². The van der Waals surface area contributed by atoms with Crippen LogP contribution in [-0.2, 0) is 0 Å². The second kappa shape index (κ2) is 6.19. The zero-order valence-electron chi connectivity index (χ0n) is 14.3. The molecule has 0 atom stereocenters. The van der Waals surface area contributed by atoms with Gasteiger partial charge in [0.05, 0.1) is 16.6 Å². The van der Waals surface area contributed by atoms with E-state index in [9.17, 15) is 14.9 Å². The number of aromatic amines is 1. The number of carbonyl (C=O) groups is 1. The number of benzene rings is 1. The Balaban J connectivity index is 1.86. The lowest BCUT2D eigenvalue weighted by Crippen LogP contribution is -2.37. The highest BCUT2D eigenvalue weighted by Gasteiger charge is 2.28. The van der Waals surface area contributed by atoms with Gasteiger partial charge in [-0.05, 0) is 31.0 Å². The number of hydrogen-bond acceptors (Lipinski definition) is 4. The molecule has 8 nitrogen and oxygen atoms in total. The first kappa shape index (κ1) is 16.7. The Hall–Kier alpha value is -3.78. The van der Waals surface area contributed by atoms with Crippen molar-refractivity contribution in [2.75, 3.05) is 13.1 Å². The minimum atomic E-state index is -0.945. The summed E-state index contributed by atoms with van der Waals surface area (Å²) in [6.45, 7) is 0.770. The molecule has 0 spiro atoms. The number of H-pyrrole nitrogens is 1. The summed E-state index contributed by atoms with van der Waals surface area (Å²) < 4.78 is 1.28. The second-order valence-electron chi connectivity index (χ2n) is 6.51. The lowest BCUT2D eigenvalue weighted by atomic mass is 9.91. The van der Waals surface area contributed by atoms with Crippen LogP contribution in [0.3, 0.4) is 0 Å². The molecule has 1 amide bonds. The summed E-state index contributed by atoms with van der Waals surface area (Å²) in [7, 11) is 0. The van der Waals surface area contributed by atoms with E-state index in [4.69, 9.17) is 11.5 Å². The van der Waals surface area contributed by atoms with Crippen molar-refractivity contribution in [3.05, 3.63) is 45.4 Å². The largest absolute Gasteiger partial charge is 0.465 e. The summed E-state index contributed by atoms with van der Waals surface area (Å²) >= 11 is 0. The van der Waals surface area contributed by atoms with E-state index >= 15 is 0 Å². The SMILES string of the molecule is C#Cc1ccc2nc3c(C#N)c(C4CCN(C(=O)O)CC4)[nH]n3c(=O)c2c1. The Kier molecular flexibility index (Phi) is 3.82. The zero-order chi connectivity index (χ0) is 19.1. The van der Waals surface area contributed by atoms with Gasteiger partial charge in [-0.25, -0.2) is 9.78 Å². The molecule has 1 saturated heterocycles. The van der Waals surface area contributed by atoms with Gasteiger partial charge in [-0.3, -0.25) is 9.89 Å². The van der Waals surface area contributed by atoms with E-state index in [1.165, 1.54) is 9.42 Å². The minimum Gasteiger partial charge on any atom is -0.465 e. The smallest absolute Gasteiger partial charge is 0.407 e. The normalized spacial score (nSPS) is 15.0. The Labute approximate surface area is 153 Å². The molecule has 27 heavy (non-hydrogen) atoms. The standard InChI is InChI=1S/C19H15N5O3/c1-2-11-3-4-15-13(9-11)18(25)24-17(21-15)14(10-20)16(22-24)12-5-7-23(8-6-12)19(26)27/h1,3-4,9,12,22H,5-8H2,(H,26,27). The molecular formula is C19H15N5O3. The molecule has 0 aliphatic carbocycles. The number of nitrogens with one attached hydrogen (secondary N) is 1. The fourth-order valence-electron chi connectivity index (χ4n) is 3.61. The lowest BCUT2D eigenvalue weighted by molar-refractivity contribution is 0.131. The molecule has 0 bridgehead atoms. The third-order valence-corrected chi connectivity index (χ3v) is 5.05. The van der Waals surface area contributed by atoms with Crippen LogP contribution in [0.25, 0.3) is 16.6 Å². The summed E-state index contributed by atoms with van der Waals surface area (Å²) in [4.78, 5) is 29.8. The van der Waals surface area contributed by atoms with Crippen molar-refractivity contribution in [2.24, 2.45) is 0 Å². The third kappa shape index (κ3) is 2.59. The predicted octanol–water partition coefficient (Wildman–Crippen LogP) is 1.89. The molecule has 3 heterocycles. The van der Waals surface area contributed by atoms with Crippen molar-refractivity contribution in [3.63, 3.8) is 0 Å². The van der Waals surface area contributed by atoms with Gasteiger partial charge in [-0.2, -0.15) is 9.78 Å². The zero-order valence-corrected chi connectivity index (χ0v) is 14.3. The van der Waals surface area contributed by atoms with Crippen molar-refractivity contribution in [1.82, 2.24) is 19.5 Å². The highest BCUT2D eigenvalue weighted by atomic mass is 16.4. The first-order valence-corrected chi connectivity index (χ1v) is 8.46. The highest BCUT2D eigenvalue weighted by molar-refractivity contribution is 5.82. The van der Waals surface area contributed by atoms with Crippen LogP contribution in [0.15, 0.2) is 23.0 Å². The van der Waals surface area contributed by atoms with Crippen LogP contribution < -0.4 is 5.56 Å². The van der Waals surface area contributed by atoms with Gasteiger partial charge in [-0.15, -0.1) is 6.42 Å². The van der Waals surface area contributed by atoms with E-state index in [-0.39, 0.29) is 17.1 Å². The van der Waals surface area contributed by atoms with Crippen molar-refractivity contribution in [1.29, 1.82) is 5.26 Å². The van der Waals surface area contributed by atoms with E-state index in [1.54, 1.807) is 18.2 Å². The van der Waals surface area contributed by atoms with Gasteiger partial charge < -0.3 is 10.0 Å². The van der Waals surface area contributed by atoms with Gasteiger partial charge in [0.2, 0.25) is 0 Å². The molecule has 0 radical (unpaired) electrons. The predicted molar refractivity (Wildman–Crippen MR) is 97.5 cm³/mol. The molecule has 1 aliphatic rings. The number of terminal acetylenes is 1. The highest BCUT2D eigenvalue weighted by Crippen LogP contribution is 2.30. The molecule has 0 unspecified atom stereocenters. The summed E-state index contributed by atoms with van der Waals surface area (Å²) in [5, 5.41) is 22.2. The maximum absolute atomic E-state index is 12.9. The van der Waals surface area contributed by atoms with E-state index in [0.29, 0.717) is 53.7 Å². The molecule has 2 aromatic heterocycles. The van der Waals surface area contributed by atoms with Crippen molar-refractivity contribution >= 4 is 22.6 Å². The average molecular weight is 361 g/mol. The van der Waals surface area contributed by atoms with E-state index in [2.05, 4.69) is 22.1 Å². The molecule has 1 fully saturated rings. The minimum absolute atomic E-state index is 0.0410. The maximum Gasteiger partial charge on any atom is 0.407 e. The fraction of sp³-hybridized carbons (Fsp3) is 0.263. The van der Waals surface area contributed by atoms with Crippen LogP contribution in [0.2, 0.25) is 0 Å². The molecule has 8 heteroatoms. The number of rotatable bonds is 1. The fourth-order valence-corrected chi connectivity index (χ4v) is 3.61. The Morgan fingerprint density at radius 2 is 2.11 bits per heavy atom. The first-order valence-electron chi connectivity index (χ1n) is 8.46. The number of nitrogens with zero attached hydrogens (tertiary/aromatic N) is 4. The maximum atomic E-state index is 12.9. The summed E-state index contributed by atoms with van der Waals surface area (Å²) in [5.41, 5.74) is 1.96. The van der Waals surface area contributed by atoms with Gasteiger partial charge in [-0.1, -0.05) is 5.92 Å². The van der Waals surface area contributed by atoms with E-state index in [1.807, 2.05) is 0 Å². The number of carboxylic acid groups (broad SMARTS) is 1. The number of amides is 1. The molecule has 0 saturated carbocycles. The Bertz CT molecular complexity index is 1220. The molecule has 1 aliphatic heterocycles. The number of likely N-dealkylation sites (tertiary alicyclic amines) is 1. The Morgan fingerprint density at radius 3 is 2.74 bits per heavy atom. The quantitative estimate of drug-likeness (QED) is 0.642. The van der Waals surface area contributed by atoms with Gasteiger partial charge in [0, 0.05) is 24.6 Å². The summed E-state index contributed by atoms with van der Waals surface area (Å²) in [6.07, 6.45) is 5.61. The van der Waals surface area contributed by atoms with E-state index < -0.39 is 6.09 Å². The number of hydrogen-bond donors (Lipinski definition) is 2. The lowest BCUT2D eigenvalue weighted by Gasteiger charge is -2.29. The van der Waals surface area contributed by atoms with Crippen LogP contribution in [-0.4, -0.2) is 43.8 Å². The van der Waals surface area contributed by atoms with Gasteiger partial charge in [0.1, 0.15) is 11.6 Å². The molecule has 2 N–H and O–H groups in total.